The van der Waals surface area contributed by atoms with Gasteiger partial charge in [0, 0.05) is 55.4 Å². The van der Waals surface area contributed by atoms with Gasteiger partial charge in [-0.2, -0.15) is 15.2 Å². The lowest BCUT2D eigenvalue weighted by molar-refractivity contribution is -0.142. The highest BCUT2D eigenvalue weighted by Gasteiger charge is 2.34. The van der Waals surface area contributed by atoms with Crippen LogP contribution in [0.1, 0.15) is 38.4 Å². The van der Waals surface area contributed by atoms with E-state index in [1.807, 2.05) is 70.1 Å². The summed E-state index contributed by atoms with van der Waals surface area (Å²) in [5, 5.41) is 21.1. The number of aromatic nitrogens is 2. The lowest BCUT2D eigenvalue weighted by atomic mass is 9.97. The number of benzene rings is 2. The number of fused-ring (bicyclic) bond motifs is 2. The molecule has 1 saturated heterocycles. The van der Waals surface area contributed by atoms with Crippen LogP contribution in [0, 0.1) is 16.7 Å². The fourth-order valence-electron chi connectivity index (χ4n) is 5.66. The number of anilines is 2. The average Bonchev–Trinajstić information content (AvgIpc) is 2.99. The van der Waals surface area contributed by atoms with Crippen molar-refractivity contribution >= 4 is 34.3 Å². The molecule has 3 aromatic rings. The van der Waals surface area contributed by atoms with Gasteiger partial charge in [-0.3, -0.25) is 4.79 Å². The molecule has 1 atom stereocenters. The van der Waals surface area contributed by atoms with Crippen molar-refractivity contribution in [2.45, 2.75) is 46.2 Å². The van der Waals surface area contributed by atoms with Crippen LogP contribution in [0.25, 0.3) is 10.8 Å². The van der Waals surface area contributed by atoms with Gasteiger partial charge in [0.1, 0.15) is 18.2 Å². The van der Waals surface area contributed by atoms with Crippen molar-refractivity contribution in [3.05, 3.63) is 47.7 Å². The van der Waals surface area contributed by atoms with Crippen molar-refractivity contribution in [1.29, 1.82) is 5.26 Å². The molecule has 0 radical (unpaired) electrons. The molecule has 2 aromatic carbocycles. The van der Waals surface area contributed by atoms with Crippen molar-refractivity contribution in [3.8, 4) is 17.8 Å². The summed E-state index contributed by atoms with van der Waals surface area (Å²) in [5.41, 5.74) is 2.11. The molecule has 12 heteroatoms. The molecule has 1 amide bonds. The Balaban J connectivity index is 1.51. The van der Waals surface area contributed by atoms with Gasteiger partial charge in [0.05, 0.1) is 36.2 Å². The van der Waals surface area contributed by atoms with E-state index in [0.29, 0.717) is 51.5 Å². The standard InChI is InChI=1S/C33H41N7O5/c1-33(2,3)30(41)45-24-18-22-8-6-7-9-25(22)28(19-24)38-13-11-26-27(21-38)35-31(44-17-16-37(4)5)36-29(26)39-14-15-40(32(42)43)23(20-39)10-12-34/h6-9,18-19,23H,10-11,13-17,20-21H2,1-5H3,(H,42,43)/t23-/m0/s1. The van der Waals surface area contributed by atoms with E-state index < -0.39 is 17.6 Å². The van der Waals surface area contributed by atoms with Gasteiger partial charge in [-0.05, 0) is 52.7 Å². The summed E-state index contributed by atoms with van der Waals surface area (Å²) in [6.07, 6.45) is -0.282. The van der Waals surface area contributed by atoms with Gasteiger partial charge in [0.25, 0.3) is 0 Å². The van der Waals surface area contributed by atoms with E-state index in [1.165, 1.54) is 4.90 Å². The molecule has 5 rings (SSSR count). The van der Waals surface area contributed by atoms with Gasteiger partial charge in [0.2, 0.25) is 0 Å². The minimum atomic E-state index is -1.02. The maximum absolute atomic E-state index is 12.8. The number of nitrogens with zero attached hydrogens (tertiary/aromatic N) is 7. The van der Waals surface area contributed by atoms with E-state index in [-0.39, 0.29) is 24.9 Å². The van der Waals surface area contributed by atoms with E-state index >= 15 is 0 Å². The Hall–Kier alpha value is -4.63. The van der Waals surface area contributed by atoms with E-state index in [9.17, 15) is 20.0 Å². The number of carbonyl (C=O) groups excluding carboxylic acids is 1. The zero-order valence-electron chi connectivity index (χ0n) is 26.6. The number of nitriles is 1. The minimum absolute atomic E-state index is 0.0965. The Morgan fingerprint density at radius 1 is 1.11 bits per heavy atom. The third-order valence-corrected chi connectivity index (χ3v) is 8.12. The summed E-state index contributed by atoms with van der Waals surface area (Å²) in [4.78, 5) is 42.0. The summed E-state index contributed by atoms with van der Waals surface area (Å²) in [6, 6.07) is 13.8. The molecule has 1 fully saturated rings. The molecular formula is C33H41N7O5. The van der Waals surface area contributed by atoms with Crippen molar-refractivity contribution < 1.29 is 24.2 Å². The van der Waals surface area contributed by atoms with Crippen LogP contribution >= 0.6 is 0 Å². The maximum Gasteiger partial charge on any atom is 0.407 e. The SMILES string of the molecule is CN(C)CCOc1nc2c(c(N3CCN(C(=O)O)[C@@H](CC#N)C3)n1)CCN(c1cc(OC(=O)C(C)(C)C)cc3ccccc13)C2. The molecule has 0 spiro atoms. The first-order chi connectivity index (χ1) is 21.4. The number of likely N-dealkylation sites (N-methyl/N-ethyl adjacent to an activating group) is 1. The average molecular weight is 616 g/mol. The number of ether oxygens (including phenoxy) is 2. The molecule has 2 aliphatic rings. The number of carboxylic acid groups (broad SMARTS) is 1. The Morgan fingerprint density at radius 2 is 1.89 bits per heavy atom. The summed E-state index contributed by atoms with van der Waals surface area (Å²) in [6.45, 7) is 8.82. The predicted octanol–water partition coefficient (Wildman–Crippen LogP) is 4.17. The van der Waals surface area contributed by atoms with E-state index in [4.69, 9.17) is 19.4 Å². The van der Waals surface area contributed by atoms with Gasteiger partial charge in [-0.1, -0.05) is 24.3 Å². The zero-order chi connectivity index (χ0) is 32.3. The van der Waals surface area contributed by atoms with E-state index in [1.54, 1.807) is 0 Å². The third-order valence-electron chi connectivity index (χ3n) is 8.12. The monoisotopic (exact) mass is 615 g/mol. The first kappa shape index (κ1) is 31.8. The molecular weight excluding hydrogens is 574 g/mol. The first-order valence-electron chi connectivity index (χ1n) is 15.2. The molecule has 1 N–H and O–H groups in total. The quantitative estimate of drug-likeness (QED) is 0.289. The molecule has 0 aliphatic carbocycles. The second-order valence-electron chi connectivity index (χ2n) is 12.8. The second kappa shape index (κ2) is 13.2. The van der Waals surface area contributed by atoms with E-state index in [0.717, 1.165) is 33.5 Å². The van der Waals surface area contributed by atoms with Crippen LogP contribution in [-0.4, -0.2) is 96.4 Å². The number of rotatable bonds is 8. The normalized spacial score (nSPS) is 16.8. The van der Waals surface area contributed by atoms with Crippen molar-refractivity contribution in [3.63, 3.8) is 0 Å². The Morgan fingerprint density at radius 3 is 2.60 bits per heavy atom. The largest absolute Gasteiger partial charge is 0.465 e. The first-order valence-corrected chi connectivity index (χ1v) is 15.2. The van der Waals surface area contributed by atoms with Gasteiger partial charge < -0.3 is 34.2 Å². The van der Waals surface area contributed by atoms with Crippen LogP contribution in [0.15, 0.2) is 36.4 Å². The second-order valence-corrected chi connectivity index (χ2v) is 12.8. The molecule has 12 nitrogen and oxygen atoms in total. The van der Waals surface area contributed by atoms with Crippen molar-refractivity contribution in [2.75, 3.05) is 63.2 Å². The number of hydrogen-bond acceptors (Lipinski definition) is 10. The highest BCUT2D eigenvalue weighted by Crippen LogP contribution is 2.37. The van der Waals surface area contributed by atoms with Crippen LogP contribution in [0.4, 0.5) is 16.3 Å². The van der Waals surface area contributed by atoms with Crippen LogP contribution in [0.2, 0.25) is 0 Å². The van der Waals surface area contributed by atoms with Crippen molar-refractivity contribution in [2.24, 2.45) is 5.41 Å². The van der Waals surface area contributed by atoms with Crippen molar-refractivity contribution in [1.82, 2.24) is 19.8 Å². The van der Waals surface area contributed by atoms with Crippen LogP contribution in [-0.2, 0) is 17.8 Å². The number of piperazine rings is 1. The summed E-state index contributed by atoms with van der Waals surface area (Å²) in [5.74, 6) is 0.915. The predicted molar refractivity (Wildman–Crippen MR) is 171 cm³/mol. The summed E-state index contributed by atoms with van der Waals surface area (Å²) in [7, 11) is 3.93. The van der Waals surface area contributed by atoms with Gasteiger partial charge in [0.15, 0.2) is 0 Å². The van der Waals surface area contributed by atoms with Crippen LogP contribution in [0.5, 0.6) is 11.8 Å². The molecule has 45 heavy (non-hydrogen) atoms. The van der Waals surface area contributed by atoms with Gasteiger partial charge in [-0.25, -0.2) is 4.79 Å². The molecule has 0 bridgehead atoms. The topological polar surface area (TPSA) is 135 Å². The fourth-order valence-corrected chi connectivity index (χ4v) is 5.66. The summed E-state index contributed by atoms with van der Waals surface area (Å²) < 4.78 is 11.9. The van der Waals surface area contributed by atoms with Gasteiger partial charge >= 0.3 is 18.1 Å². The Bertz CT molecular complexity index is 1610. The highest BCUT2D eigenvalue weighted by atomic mass is 16.5. The Kier molecular flexibility index (Phi) is 9.29. The molecule has 0 saturated carbocycles. The molecule has 238 valence electrons. The van der Waals surface area contributed by atoms with Gasteiger partial charge in [-0.15, -0.1) is 0 Å². The summed E-state index contributed by atoms with van der Waals surface area (Å²) >= 11 is 0. The lowest BCUT2D eigenvalue weighted by Crippen LogP contribution is -2.55. The number of amides is 1. The highest BCUT2D eigenvalue weighted by molar-refractivity contribution is 5.96. The molecule has 1 aromatic heterocycles. The minimum Gasteiger partial charge on any atom is -0.465 e. The Labute approximate surface area is 263 Å². The number of hydrogen-bond donors (Lipinski definition) is 1. The maximum atomic E-state index is 12.8. The molecule has 0 unspecified atom stereocenters. The van der Waals surface area contributed by atoms with E-state index in [2.05, 4.69) is 21.9 Å². The van der Waals surface area contributed by atoms with Crippen LogP contribution < -0.4 is 19.3 Å². The molecule has 3 heterocycles. The number of carbonyl (C=O) groups is 2. The lowest BCUT2D eigenvalue weighted by Gasteiger charge is -2.41. The number of esters is 1. The van der Waals surface area contributed by atoms with Crippen LogP contribution in [0.3, 0.4) is 0 Å². The fraction of sp³-hybridized carbons (Fsp3) is 0.485. The smallest absolute Gasteiger partial charge is 0.407 e. The zero-order valence-corrected chi connectivity index (χ0v) is 26.6. The molecule has 2 aliphatic heterocycles. The third kappa shape index (κ3) is 7.20.